The number of nitrogens with one attached hydrogen (secondary N) is 1. The third-order valence-corrected chi connectivity index (χ3v) is 3.05. The topological polar surface area (TPSA) is 58.4 Å². The minimum absolute atomic E-state index is 0.126. The van der Waals surface area contributed by atoms with Gasteiger partial charge in [-0.25, -0.2) is 4.79 Å². The predicted octanol–water partition coefficient (Wildman–Crippen LogP) is 2.81. The summed E-state index contributed by atoms with van der Waals surface area (Å²) >= 11 is 0. The van der Waals surface area contributed by atoms with E-state index in [1.165, 1.54) is 0 Å². The van der Waals surface area contributed by atoms with Crippen LogP contribution in [0.15, 0.2) is 54.6 Å². The fraction of sp³-hybridized carbons (Fsp3) is 0.188. The highest BCUT2D eigenvalue weighted by atomic mass is 16.2. The quantitative estimate of drug-likeness (QED) is 0.896. The summed E-state index contributed by atoms with van der Waals surface area (Å²) in [6.07, 6.45) is 0. The summed E-state index contributed by atoms with van der Waals surface area (Å²) in [6, 6.07) is 17.3. The Morgan fingerprint density at radius 3 is 2.25 bits per heavy atom. The number of benzene rings is 2. The van der Waals surface area contributed by atoms with Crippen molar-refractivity contribution in [3.8, 4) is 0 Å². The van der Waals surface area contributed by atoms with Crippen LogP contribution < -0.4 is 11.1 Å². The molecule has 0 heterocycles. The van der Waals surface area contributed by atoms with Crippen molar-refractivity contribution in [1.29, 1.82) is 0 Å². The molecule has 0 aliphatic rings. The van der Waals surface area contributed by atoms with E-state index in [1.54, 1.807) is 11.9 Å². The molecule has 0 saturated heterocycles. The fourth-order valence-electron chi connectivity index (χ4n) is 1.87. The molecule has 2 aromatic rings. The Bertz CT molecular complexity index is 552. The highest BCUT2D eigenvalue weighted by Gasteiger charge is 2.09. The number of carbonyl (C=O) groups excluding carboxylic acids is 1. The van der Waals surface area contributed by atoms with Gasteiger partial charge in [0.05, 0.1) is 0 Å². The van der Waals surface area contributed by atoms with Crippen molar-refractivity contribution < 1.29 is 4.79 Å². The van der Waals surface area contributed by atoms with Gasteiger partial charge in [0.15, 0.2) is 0 Å². The molecule has 0 aliphatic heterocycles. The third-order valence-electron chi connectivity index (χ3n) is 3.05. The van der Waals surface area contributed by atoms with Gasteiger partial charge in [-0.15, -0.1) is 0 Å². The first-order valence-corrected chi connectivity index (χ1v) is 6.54. The maximum atomic E-state index is 12.0. The molecule has 2 aromatic carbocycles. The number of nitrogens with two attached hydrogens (primary N) is 1. The maximum Gasteiger partial charge on any atom is 0.321 e. The average molecular weight is 269 g/mol. The molecular formula is C16H19N3O. The smallest absolute Gasteiger partial charge is 0.321 e. The molecule has 2 rings (SSSR count). The molecule has 3 N–H and O–H groups in total. The van der Waals surface area contributed by atoms with E-state index in [2.05, 4.69) is 5.32 Å². The van der Waals surface area contributed by atoms with Crippen LogP contribution in [-0.2, 0) is 13.1 Å². The SMILES string of the molecule is CN(Cc1ccc(CN)cc1)C(=O)Nc1ccccc1. The fourth-order valence-corrected chi connectivity index (χ4v) is 1.87. The third kappa shape index (κ3) is 3.83. The van der Waals surface area contributed by atoms with Gasteiger partial charge in [0.1, 0.15) is 0 Å². The molecule has 0 unspecified atom stereocenters. The largest absolute Gasteiger partial charge is 0.326 e. The normalized spacial score (nSPS) is 10.1. The van der Waals surface area contributed by atoms with Gasteiger partial charge in [0.2, 0.25) is 0 Å². The van der Waals surface area contributed by atoms with Crippen molar-refractivity contribution in [2.45, 2.75) is 13.1 Å². The lowest BCUT2D eigenvalue weighted by molar-refractivity contribution is 0.220. The molecule has 0 spiro atoms. The Labute approximate surface area is 119 Å². The first-order valence-electron chi connectivity index (χ1n) is 6.54. The molecule has 0 aliphatic carbocycles. The van der Waals surface area contributed by atoms with E-state index in [9.17, 15) is 4.79 Å². The van der Waals surface area contributed by atoms with E-state index < -0.39 is 0 Å². The van der Waals surface area contributed by atoms with E-state index in [0.717, 1.165) is 16.8 Å². The first-order chi connectivity index (χ1) is 9.69. The van der Waals surface area contributed by atoms with Crippen LogP contribution in [0.1, 0.15) is 11.1 Å². The van der Waals surface area contributed by atoms with Crippen LogP contribution in [0, 0.1) is 0 Å². The number of para-hydroxylation sites is 1. The Kier molecular flexibility index (Phi) is 4.74. The number of rotatable bonds is 4. The van der Waals surface area contributed by atoms with Crippen LogP contribution in [0.2, 0.25) is 0 Å². The lowest BCUT2D eigenvalue weighted by atomic mass is 10.1. The number of anilines is 1. The van der Waals surface area contributed by atoms with Gasteiger partial charge in [-0.2, -0.15) is 0 Å². The highest BCUT2D eigenvalue weighted by Crippen LogP contribution is 2.09. The molecule has 0 atom stereocenters. The van der Waals surface area contributed by atoms with Gasteiger partial charge < -0.3 is 16.0 Å². The molecular weight excluding hydrogens is 250 g/mol. The summed E-state index contributed by atoms with van der Waals surface area (Å²) in [7, 11) is 1.77. The second kappa shape index (κ2) is 6.73. The van der Waals surface area contributed by atoms with Crippen molar-refractivity contribution in [2.75, 3.05) is 12.4 Å². The van der Waals surface area contributed by atoms with Gasteiger partial charge in [0.25, 0.3) is 0 Å². The summed E-state index contributed by atoms with van der Waals surface area (Å²) in [6.45, 7) is 1.09. The predicted molar refractivity (Wildman–Crippen MR) is 81.3 cm³/mol. The van der Waals surface area contributed by atoms with Crippen molar-refractivity contribution in [3.05, 3.63) is 65.7 Å². The second-order valence-corrected chi connectivity index (χ2v) is 4.67. The standard InChI is InChI=1S/C16H19N3O/c1-19(12-14-9-7-13(11-17)8-10-14)16(20)18-15-5-3-2-4-6-15/h2-10H,11-12,17H2,1H3,(H,18,20). The zero-order chi connectivity index (χ0) is 14.4. The zero-order valence-corrected chi connectivity index (χ0v) is 11.5. The summed E-state index contributed by atoms with van der Waals surface area (Å²) in [5.41, 5.74) is 8.52. The van der Waals surface area contributed by atoms with Crippen molar-refractivity contribution in [3.63, 3.8) is 0 Å². The Balaban J connectivity index is 1.93. The van der Waals surface area contributed by atoms with Crippen molar-refractivity contribution >= 4 is 11.7 Å². The van der Waals surface area contributed by atoms with Gasteiger partial charge in [-0.3, -0.25) is 0 Å². The van der Waals surface area contributed by atoms with E-state index in [4.69, 9.17) is 5.73 Å². The Hall–Kier alpha value is -2.33. The molecule has 104 valence electrons. The van der Waals surface area contributed by atoms with Crippen LogP contribution in [0.4, 0.5) is 10.5 Å². The summed E-state index contributed by atoms with van der Waals surface area (Å²) in [5.74, 6) is 0. The van der Waals surface area contributed by atoms with E-state index in [1.807, 2.05) is 54.6 Å². The zero-order valence-electron chi connectivity index (χ0n) is 11.5. The number of amides is 2. The van der Waals surface area contributed by atoms with Crippen LogP contribution in [0.3, 0.4) is 0 Å². The van der Waals surface area contributed by atoms with E-state index >= 15 is 0 Å². The number of carbonyl (C=O) groups is 1. The number of hydrogen-bond donors (Lipinski definition) is 2. The van der Waals surface area contributed by atoms with Crippen molar-refractivity contribution in [2.24, 2.45) is 5.73 Å². The van der Waals surface area contributed by atoms with Gasteiger partial charge in [-0.1, -0.05) is 42.5 Å². The maximum absolute atomic E-state index is 12.0. The van der Waals surface area contributed by atoms with Gasteiger partial charge >= 0.3 is 6.03 Å². The Morgan fingerprint density at radius 2 is 1.65 bits per heavy atom. The number of hydrogen-bond acceptors (Lipinski definition) is 2. The molecule has 0 aromatic heterocycles. The number of nitrogens with zero attached hydrogens (tertiary/aromatic N) is 1. The molecule has 0 radical (unpaired) electrons. The van der Waals surface area contributed by atoms with Crippen molar-refractivity contribution in [1.82, 2.24) is 4.90 Å². The molecule has 4 nitrogen and oxygen atoms in total. The van der Waals surface area contributed by atoms with E-state index in [0.29, 0.717) is 13.1 Å². The summed E-state index contributed by atoms with van der Waals surface area (Å²) in [4.78, 5) is 13.7. The first kappa shape index (κ1) is 14.1. The molecule has 2 amide bonds. The molecule has 20 heavy (non-hydrogen) atoms. The van der Waals surface area contributed by atoms with Gasteiger partial charge in [-0.05, 0) is 23.3 Å². The Morgan fingerprint density at radius 1 is 1.05 bits per heavy atom. The van der Waals surface area contributed by atoms with E-state index in [-0.39, 0.29) is 6.03 Å². The number of urea groups is 1. The lowest BCUT2D eigenvalue weighted by Crippen LogP contribution is -2.30. The monoisotopic (exact) mass is 269 g/mol. The molecule has 0 fully saturated rings. The van der Waals surface area contributed by atoms with Gasteiger partial charge in [0, 0.05) is 25.8 Å². The lowest BCUT2D eigenvalue weighted by Gasteiger charge is -2.18. The second-order valence-electron chi connectivity index (χ2n) is 4.67. The van der Waals surface area contributed by atoms with Crippen LogP contribution in [-0.4, -0.2) is 18.0 Å². The molecule has 4 heteroatoms. The van der Waals surface area contributed by atoms with Crippen LogP contribution >= 0.6 is 0 Å². The molecule has 0 bridgehead atoms. The van der Waals surface area contributed by atoms with Crippen LogP contribution in [0.5, 0.6) is 0 Å². The molecule has 0 saturated carbocycles. The van der Waals surface area contributed by atoms with Crippen LogP contribution in [0.25, 0.3) is 0 Å². The minimum Gasteiger partial charge on any atom is -0.326 e. The summed E-state index contributed by atoms with van der Waals surface area (Å²) < 4.78 is 0. The highest BCUT2D eigenvalue weighted by molar-refractivity contribution is 5.89. The average Bonchev–Trinajstić information content (AvgIpc) is 2.49. The summed E-state index contributed by atoms with van der Waals surface area (Å²) in [5, 5.41) is 2.85. The minimum atomic E-state index is -0.126.